The minimum absolute atomic E-state index is 0.457. The van der Waals surface area contributed by atoms with Crippen LogP contribution in [0, 0.1) is 11.8 Å². The van der Waals surface area contributed by atoms with Gasteiger partial charge < -0.3 is 15.0 Å². The molecule has 0 aromatic rings. The van der Waals surface area contributed by atoms with Crippen molar-refractivity contribution in [3.63, 3.8) is 0 Å². The maximum Gasteiger partial charge on any atom is 0.0707 e. The number of nitrogens with zero attached hydrogens (tertiary/aromatic N) is 1. The molecule has 2 unspecified atom stereocenters. The van der Waals surface area contributed by atoms with Crippen LogP contribution in [0.3, 0.4) is 0 Å². The molecule has 0 aromatic carbocycles. The van der Waals surface area contributed by atoms with Crippen molar-refractivity contribution in [3.8, 4) is 0 Å². The van der Waals surface area contributed by atoms with E-state index in [4.69, 9.17) is 4.74 Å². The average Bonchev–Trinajstić information content (AvgIpc) is 2.84. The van der Waals surface area contributed by atoms with E-state index < -0.39 is 0 Å². The Morgan fingerprint density at radius 1 is 1.11 bits per heavy atom. The third kappa shape index (κ3) is 4.73. The quantitative estimate of drug-likeness (QED) is 0.801. The van der Waals surface area contributed by atoms with Gasteiger partial charge in [-0.05, 0) is 57.2 Å². The number of ether oxygens (including phenoxy) is 1. The van der Waals surface area contributed by atoms with E-state index in [-0.39, 0.29) is 0 Å². The topological polar surface area (TPSA) is 24.5 Å². The van der Waals surface area contributed by atoms with Crippen LogP contribution in [0.4, 0.5) is 0 Å². The largest absolute Gasteiger partial charge is 0.372 e. The Hall–Kier alpha value is -0.120. The average molecular weight is 268 g/mol. The second kappa shape index (κ2) is 7.61. The van der Waals surface area contributed by atoms with Gasteiger partial charge in [-0.25, -0.2) is 0 Å². The van der Waals surface area contributed by atoms with Crippen LogP contribution in [-0.4, -0.2) is 49.8 Å². The molecule has 3 nitrogen and oxygen atoms in total. The van der Waals surface area contributed by atoms with Gasteiger partial charge >= 0.3 is 0 Å². The number of likely N-dealkylation sites (N-methyl/N-ethyl adjacent to an activating group) is 1. The molecule has 112 valence electrons. The summed E-state index contributed by atoms with van der Waals surface area (Å²) in [7, 11) is 0. The molecule has 0 radical (unpaired) electrons. The first-order valence-corrected chi connectivity index (χ1v) is 8.27. The number of hydrogen-bond donors (Lipinski definition) is 1. The highest BCUT2D eigenvalue weighted by Crippen LogP contribution is 2.26. The van der Waals surface area contributed by atoms with Crippen LogP contribution in [0.2, 0.25) is 0 Å². The zero-order valence-electron chi connectivity index (χ0n) is 13.0. The molecule has 1 N–H and O–H groups in total. The number of rotatable bonds is 6. The first-order chi connectivity index (χ1) is 9.19. The van der Waals surface area contributed by atoms with E-state index in [1.54, 1.807) is 0 Å². The fourth-order valence-electron chi connectivity index (χ4n) is 3.46. The number of piperidine rings is 1. The van der Waals surface area contributed by atoms with Gasteiger partial charge in [0.15, 0.2) is 0 Å². The summed E-state index contributed by atoms with van der Waals surface area (Å²) in [4.78, 5) is 2.62. The lowest BCUT2D eigenvalue weighted by molar-refractivity contribution is 0.0151. The number of likely N-dealkylation sites (tertiary alicyclic amines) is 1. The van der Waals surface area contributed by atoms with Crippen molar-refractivity contribution in [1.29, 1.82) is 0 Å². The van der Waals surface area contributed by atoms with Crippen molar-refractivity contribution >= 4 is 0 Å². The van der Waals surface area contributed by atoms with E-state index in [0.717, 1.165) is 31.5 Å². The van der Waals surface area contributed by atoms with Crippen LogP contribution >= 0.6 is 0 Å². The summed E-state index contributed by atoms with van der Waals surface area (Å²) in [5, 5.41) is 3.39. The molecule has 0 aliphatic carbocycles. The zero-order chi connectivity index (χ0) is 13.7. The van der Waals surface area contributed by atoms with Crippen LogP contribution in [0.1, 0.15) is 46.5 Å². The van der Waals surface area contributed by atoms with Crippen LogP contribution in [0.25, 0.3) is 0 Å². The van der Waals surface area contributed by atoms with Crippen molar-refractivity contribution < 1.29 is 4.74 Å². The summed E-state index contributed by atoms with van der Waals surface area (Å²) in [5.74, 6) is 1.80. The fraction of sp³-hybridized carbons (Fsp3) is 1.00. The molecule has 0 bridgehead atoms. The summed E-state index contributed by atoms with van der Waals surface area (Å²) in [6.07, 6.45) is 6.19. The highest BCUT2D eigenvalue weighted by Gasteiger charge is 2.28. The van der Waals surface area contributed by atoms with Crippen molar-refractivity contribution in [2.45, 2.75) is 58.7 Å². The minimum atomic E-state index is 0.457. The molecule has 2 heterocycles. The Bertz CT molecular complexity index is 249. The standard InChI is InChI=1S/C16H32N2O/c1-4-17-11-15-5-6-16(19-15)12-18-9-7-14(8-10-18)13(2)3/h13-17H,4-12H2,1-3H3. The Morgan fingerprint density at radius 2 is 1.79 bits per heavy atom. The summed E-state index contributed by atoms with van der Waals surface area (Å²) >= 11 is 0. The van der Waals surface area contributed by atoms with Gasteiger partial charge in [0.25, 0.3) is 0 Å². The van der Waals surface area contributed by atoms with Crippen molar-refractivity contribution in [1.82, 2.24) is 10.2 Å². The first kappa shape index (κ1) is 15.3. The molecule has 2 fully saturated rings. The lowest BCUT2D eigenvalue weighted by atomic mass is 9.86. The summed E-state index contributed by atoms with van der Waals surface area (Å²) in [6.45, 7) is 12.7. The molecule has 0 saturated carbocycles. The van der Waals surface area contributed by atoms with E-state index in [0.29, 0.717) is 12.2 Å². The predicted molar refractivity (Wildman–Crippen MR) is 80.4 cm³/mol. The molecule has 2 saturated heterocycles. The zero-order valence-corrected chi connectivity index (χ0v) is 13.0. The Morgan fingerprint density at radius 3 is 2.42 bits per heavy atom. The normalized spacial score (nSPS) is 30.3. The SMILES string of the molecule is CCNCC1CCC(CN2CCC(C(C)C)CC2)O1. The second-order valence-corrected chi connectivity index (χ2v) is 6.65. The smallest absolute Gasteiger partial charge is 0.0707 e. The van der Waals surface area contributed by atoms with E-state index in [2.05, 4.69) is 31.0 Å². The van der Waals surface area contributed by atoms with Gasteiger partial charge in [0.2, 0.25) is 0 Å². The van der Waals surface area contributed by atoms with Gasteiger partial charge in [0.05, 0.1) is 12.2 Å². The fourth-order valence-corrected chi connectivity index (χ4v) is 3.46. The Labute approximate surface area is 119 Å². The lowest BCUT2D eigenvalue weighted by Crippen LogP contribution is -2.40. The molecular formula is C16H32N2O. The summed E-state index contributed by atoms with van der Waals surface area (Å²) < 4.78 is 6.14. The molecule has 3 heteroatoms. The van der Waals surface area contributed by atoms with Crippen LogP contribution < -0.4 is 5.32 Å². The maximum atomic E-state index is 6.14. The summed E-state index contributed by atoms with van der Waals surface area (Å²) in [6, 6.07) is 0. The third-order valence-corrected chi connectivity index (χ3v) is 4.85. The minimum Gasteiger partial charge on any atom is -0.372 e. The van der Waals surface area contributed by atoms with Gasteiger partial charge in [0.1, 0.15) is 0 Å². The van der Waals surface area contributed by atoms with Crippen molar-refractivity contribution in [2.75, 3.05) is 32.7 Å². The monoisotopic (exact) mass is 268 g/mol. The predicted octanol–water partition coefficient (Wildman–Crippen LogP) is 2.51. The molecule has 2 aliphatic heterocycles. The molecule has 2 aliphatic rings. The number of hydrogen-bond acceptors (Lipinski definition) is 3. The molecular weight excluding hydrogens is 236 g/mol. The van der Waals surface area contributed by atoms with E-state index in [1.807, 2.05) is 0 Å². The third-order valence-electron chi connectivity index (χ3n) is 4.85. The van der Waals surface area contributed by atoms with Crippen molar-refractivity contribution in [2.24, 2.45) is 11.8 Å². The van der Waals surface area contributed by atoms with Crippen LogP contribution in [-0.2, 0) is 4.74 Å². The molecule has 19 heavy (non-hydrogen) atoms. The van der Waals surface area contributed by atoms with Gasteiger partial charge in [-0.15, -0.1) is 0 Å². The van der Waals surface area contributed by atoms with E-state index in [9.17, 15) is 0 Å². The van der Waals surface area contributed by atoms with Crippen molar-refractivity contribution in [3.05, 3.63) is 0 Å². The van der Waals surface area contributed by atoms with E-state index >= 15 is 0 Å². The molecule has 0 aromatic heterocycles. The highest BCUT2D eigenvalue weighted by atomic mass is 16.5. The lowest BCUT2D eigenvalue weighted by Gasteiger charge is -2.35. The highest BCUT2D eigenvalue weighted by molar-refractivity contribution is 4.81. The second-order valence-electron chi connectivity index (χ2n) is 6.65. The Balaban J connectivity index is 1.64. The maximum absolute atomic E-state index is 6.14. The first-order valence-electron chi connectivity index (χ1n) is 8.27. The van der Waals surface area contributed by atoms with Gasteiger partial charge in [-0.1, -0.05) is 20.8 Å². The van der Waals surface area contributed by atoms with Crippen LogP contribution in [0.15, 0.2) is 0 Å². The Kier molecular flexibility index (Phi) is 6.11. The molecule has 2 rings (SSSR count). The summed E-state index contributed by atoms with van der Waals surface area (Å²) in [5.41, 5.74) is 0. The molecule has 0 amide bonds. The van der Waals surface area contributed by atoms with Gasteiger partial charge in [-0.2, -0.15) is 0 Å². The molecule has 0 spiro atoms. The van der Waals surface area contributed by atoms with Gasteiger partial charge in [-0.3, -0.25) is 0 Å². The number of nitrogens with one attached hydrogen (secondary N) is 1. The van der Waals surface area contributed by atoms with Gasteiger partial charge in [0, 0.05) is 13.1 Å². The van der Waals surface area contributed by atoms with Crippen LogP contribution in [0.5, 0.6) is 0 Å². The molecule has 2 atom stereocenters. The van der Waals surface area contributed by atoms with E-state index in [1.165, 1.54) is 38.8 Å².